The number of carbonyl (C=O) groups is 1. The maximum Gasteiger partial charge on any atom is 0.255 e. The van der Waals surface area contributed by atoms with E-state index in [-0.39, 0.29) is 5.91 Å². The van der Waals surface area contributed by atoms with Gasteiger partial charge in [-0.15, -0.1) is 0 Å². The van der Waals surface area contributed by atoms with Crippen LogP contribution < -0.4 is 10.1 Å². The fourth-order valence-corrected chi connectivity index (χ4v) is 2.65. The van der Waals surface area contributed by atoms with Crippen LogP contribution in [-0.4, -0.2) is 18.0 Å². The first kappa shape index (κ1) is 15.9. The van der Waals surface area contributed by atoms with Gasteiger partial charge >= 0.3 is 0 Å². The van der Waals surface area contributed by atoms with Crippen LogP contribution in [0.2, 0.25) is 0 Å². The largest absolute Gasteiger partial charge is 0.497 e. The molecule has 0 bridgehead atoms. The number of benzene rings is 3. The lowest BCUT2D eigenvalue weighted by Gasteiger charge is -2.05. The predicted octanol–water partition coefficient (Wildman–Crippen LogP) is 4.76. The molecule has 0 saturated carbocycles. The monoisotopic (exact) mass is 344 g/mol. The van der Waals surface area contributed by atoms with Crippen molar-refractivity contribution in [2.75, 3.05) is 12.4 Å². The van der Waals surface area contributed by atoms with E-state index >= 15 is 0 Å². The number of hydrogen-bond acceptors (Lipinski definition) is 4. The molecule has 0 spiro atoms. The molecule has 0 unspecified atom stereocenters. The van der Waals surface area contributed by atoms with Crippen molar-refractivity contribution in [3.05, 3.63) is 78.4 Å². The van der Waals surface area contributed by atoms with E-state index in [9.17, 15) is 4.79 Å². The van der Waals surface area contributed by atoms with Crippen molar-refractivity contribution in [3.63, 3.8) is 0 Å². The quantitative estimate of drug-likeness (QED) is 0.580. The molecule has 1 heterocycles. The lowest BCUT2D eigenvalue weighted by atomic mass is 10.2. The van der Waals surface area contributed by atoms with Crippen LogP contribution >= 0.6 is 0 Å². The van der Waals surface area contributed by atoms with Gasteiger partial charge in [0.15, 0.2) is 5.58 Å². The zero-order chi connectivity index (χ0) is 17.9. The highest BCUT2D eigenvalue weighted by Crippen LogP contribution is 2.27. The molecule has 0 aliphatic rings. The third-order valence-corrected chi connectivity index (χ3v) is 4.02. The molecule has 3 aromatic carbocycles. The Bertz CT molecular complexity index is 1050. The number of nitrogens with one attached hydrogen (secondary N) is 1. The molecule has 0 aliphatic carbocycles. The van der Waals surface area contributed by atoms with Gasteiger partial charge in [-0.05, 0) is 48.5 Å². The molecule has 5 heteroatoms. The standard InChI is InChI=1S/C21H16N2O3/c1-25-17-11-12-19-18(13-17)23-21(26-19)15-7-9-16(10-8-15)22-20(24)14-5-3-2-4-6-14/h2-13H,1H3,(H,22,24). The van der Waals surface area contributed by atoms with Crippen LogP contribution in [0, 0.1) is 0 Å². The number of carbonyl (C=O) groups excluding carboxylic acids is 1. The van der Waals surface area contributed by atoms with E-state index < -0.39 is 0 Å². The molecule has 4 aromatic rings. The smallest absolute Gasteiger partial charge is 0.255 e. The van der Waals surface area contributed by atoms with Gasteiger partial charge in [0.05, 0.1) is 7.11 Å². The molecular weight excluding hydrogens is 328 g/mol. The van der Waals surface area contributed by atoms with E-state index in [4.69, 9.17) is 9.15 Å². The SMILES string of the molecule is COc1ccc2oc(-c3ccc(NC(=O)c4ccccc4)cc3)nc2c1. The Hall–Kier alpha value is -3.60. The summed E-state index contributed by atoms with van der Waals surface area (Å²) in [6.45, 7) is 0. The minimum atomic E-state index is -0.146. The molecule has 0 saturated heterocycles. The van der Waals surface area contributed by atoms with Crippen LogP contribution in [0.1, 0.15) is 10.4 Å². The zero-order valence-corrected chi connectivity index (χ0v) is 14.1. The van der Waals surface area contributed by atoms with E-state index in [0.717, 1.165) is 16.8 Å². The average Bonchev–Trinajstić information content (AvgIpc) is 3.12. The minimum absolute atomic E-state index is 0.146. The molecule has 0 radical (unpaired) electrons. The summed E-state index contributed by atoms with van der Waals surface area (Å²) < 4.78 is 11.0. The van der Waals surface area contributed by atoms with Crippen LogP contribution in [-0.2, 0) is 0 Å². The fourth-order valence-electron chi connectivity index (χ4n) is 2.65. The third-order valence-electron chi connectivity index (χ3n) is 4.02. The van der Waals surface area contributed by atoms with Gasteiger partial charge in [-0.2, -0.15) is 0 Å². The predicted molar refractivity (Wildman–Crippen MR) is 100 cm³/mol. The van der Waals surface area contributed by atoms with Crippen LogP contribution in [0.3, 0.4) is 0 Å². The highest BCUT2D eigenvalue weighted by Gasteiger charge is 2.10. The molecule has 0 atom stereocenters. The molecule has 128 valence electrons. The number of rotatable bonds is 4. The first-order valence-electron chi connectivity index (χ1n) is 8.14. The number of oxazole rings is 1. The zero-order valence-electron chi connectivity index (χ0n) is 14.1. The van der Waals surface area contributed by atoms with Crippen LogP contribution in [0.15, 0.2) is 77.2 Å². The second kappa shape index (κ2) is 6.72. The van der Waals surface area contributed by atoms with E-state index in [1.165, 1.54) is 0 Å². The van der Waals surface area contributed by atoms with Gasteiger partial charge in [0.25, 0.3) is 5.91 Å². The minimum Gasteiger partial charge on any atom is -0.497 e. The van der Waals surface area contributed by atoms with E-state index in [1.807, 2.05) is 60.7 Å². The summed E-state index contributed by atoms with van der Waals surface area (Å²) in [6, 6.07) is 22.0. The lowest BCUT2D eigenvalue weighted by molar-refractivity contribution is 0.102. The van der Waals surface area contributed by atoms with Crippen molar-refractivity contribution < 1.29 is 13.9 Å². The van der Waals surface area contributed by atoms with E-state index in [2.05, 4.69) is 10.3 Å². The average molecular weight is 344 g/mol. The van der Waals surface area contributed by atoms with E-state index in [1.54, 1.807) is 19.2 Å². The Labute approximate surface area is 150 Å². The van der Waals surface area contributed by atoms with Gasteiger partial charge in [-0.1, -0.05) is 18.2 Å². The second-order valence-corrected chi connectivity index (χ2v) is 5.75. The highest BCUT2D eigenvalue weighted by molar-refractivity contribution is 6.04. The lowest BCUT2D eigenvalue weighted by Crippen LogP contribution is -2.11. The van der Waals surface area contributed by atoms with Crippen molar-refractivity contribution in [3.8, 4) is 17.2 Å². The summed E-state index contributed by atoms with van der Waals surface area (Å²) in [7, 11) is 1.62. The normalized spacial score (nSPS) is 10.7. The molecule has 1 N–H and O–H groups in total. The highest BCUT2D eigenvalue weighted by atomic mass is 16.5. The topological polar surface area (TPSA) is 64.4 Å². The number of ether oxygens (including phenoxy) is 1. The number of aromatic nitrogens is 1. The number of amides is 1. The van der Waals surface area contributed by atoms with Gasteiger partial charge in [0.1, 0.15) is 11.3 Å². The van der Waals surface area contributed by atoms with Crippen molar-refractivity contribution in [1.82, 2.24) is 4.98 Å². The Kier molecular flexibility index (Phi) is 4.11. The van der Waals surface area contributed by atoms with Gasteiger partial charge in [-0.25, -0.2) is 4.98 Å². The summed E-state index contributed by atoms with van der Waals surface area (Å²) >= 11 is 0. The Morgan fingerprint density at radius 2 is 1.77 bits per heavy atom. The Morgan fingerprint density at radius 1 is 1.00 bits per heavy atom. The summed E-state index contributed by atoms with van der Waals surface area (Å²) in [6.07, 6.45) is 0. The molecular formula is C21H16N2O3. The maximum absolute atomic E-state index is 12.2. The van der Waals surface area contributed by atoms with Crippen molar-refractivity contribution in [1.29, 1.82) is 0 Å². The molecule has 26 heavy (non-hydrogen) atoms. The Morgan fingerprint density at radius 3 is 2.50 bits per heavy atom. The number of nitrogens with zero attached hydrogens (tertiary/aromatic N) is 1. The molecule has 1 amide bonds. The van der Waals surface area contributed by atoms with Gasteiger partial charge in [-0.3, -0.25) is 4.79 Å². The van der Waals surface area contributed by atoms with Gasteiger partial charge < -0.3 is 14.5 Å². The second-order valence-electron chi connectivity index (χ2n) is 5.75. The molecule has 4 rings (SSSR count). The molecule has 0 fully saturated rings. The fraction of sp³-hybridized carbons (Fsp3) is 0.0476. The molecule has 0 aliphatic heterocycles. The number of hydrogen-bond donors (Lipinski definition) is 1. The first-order chi connectivity index (χ1) is 12.7. The van der Waals surface area contributed by atoms with Crippen molar-refractivity contribution in [2.45, 2.75) is 0 Å². The maximum atomic E-state index is 12.2. The van der Waals surface area contributed by atoms with E-state index in [0.29, 0.717) is 22.7 Å². The third kappa shape index (κ3) is 3.15. The Balaban J connectivity index is 1.55. The summed E-state index contributed by atoms with van der Waals surface area (Å²) in [5.74, 6) is 1.11. The summed E-state index contributed by atoms with van der Waals surface area (Å²) in [5, 5.41) is 2.87. The first-order valence-corrected chi connectivity index (χ1v) is 8.14. The van der Waals surface area contributed by atoms with Gasteiger partial charge in [0.2, 0.25) is 5.89 Å². The number of fused-ring (bicyclic) bond motifs is 1. The summed E-state index contributed by atoms with van der Waals surface area (Å²) in [5.41, 5.74) is 3.59. The molecule has 5 nitrogen and oxygen atoms in total. The summed E-state index contributed by atoms with van der Waals surface area (Å²) in [4.78, 5) is 16.7. The van der Waals surface area contributed by atoms with Crippen LogP contribution in [0.5, 0.6) is 5.75 Å². The molecule has 1 aromatic heterocycles. The number of anilines is 1. The number of methoxy groups -OCH3 is 1. The van der Waals surface area contributed by atoms with Crippen molar-refractivity contribution in [2.24, 2.45) is 0 Å². The van der Waals surface area contributed by atoms with Crippen LogP contribution in [0.25, 0.3) is 22.6 Å². The van der Waals surface area contributed by atoms with Crippen LogP contribution in [0.4, 0.5) is 5.69 Å². The van der Waals surface area contributed by atoms with Gasteiger partial charge in [0, 0.05) is 22.9 Å². The van der Waals surface area contributed by atoms with Crippen molar-refractivity contribution >= 4 is 22.7 Å².